The molecule has 0 radical (unpaired) electrons. The van der Waals surface area contributed by atoms with Crippen molar-refractivity contribution >= 4 is 10.0 Å². The van der Waals surface area contributed by atoms with Gasteiger partial charge in [-0.25, -0.2) is 13.1 Å². The van der Waals surface area contributed by atoms with Crippen molar-refractivity contribution in [2.45, 2.75) is 0 Å². The molecule has 0 bridgehead atoms. The van der Waals surface area contributed by atoms with Gasteiger partial charge in [-0.3, -0.25) is 4.90 Å². The average Bonchev–Trinajstić information content (AvgIpc) is 2.17. The van der Waals surface area contributed by atoms with Crippen molar-refractivity contribution in [2.75, 3.05) is 52.6 Å². The van der Waals surface area contributed by atoms with Gasteiger partial charge in [-0.05, 0) is 14.1 Å². The van der Waals surface area contributed by atoms with E-state index in [2.05, 4.69) is 21.6 Å². The Balaban J connectivity index is 2.26. The number of sulfonamides is 1. The molecule has 0 aromatic heterocycles. The van der Waals surface area contributed by atoms with E-state index in [9.17, 15) is 8.42 Å². The summed E-state index contributed by atoms with van der Waals surface area (Å²) in [7, 11) is 0.505. The van der Waals surface area contributed by atoms with Gasteiger partial charge in [0.1, 0.15) is 0 Å². The van der Waals surface area contributed by atoms with Crippen LogP contribution in [0.4, 0.5) is 0 Å². The number of hydrogen-bond donors (Lipinski definition) is 1. The van der Waals surface area contributed by atoms with E-state index in [1.807, 2.05) is 0 Å². The molecule has 1 saturated heterocycles. The van der Waals surface area contributed by atoms with Crippen LogP contribution < -0.4 is 4.72 Å². The lowest BCUT2D eigenvalue weighted by molar-refractivity contribution is 0.161. The second-order valence-corrected chi connectivity index (χ2v) is 5.71. The summed E-state index contributed by atoms with van der Waals surface area (Å²) >= 11 is 0. The molecule has 1 rings (SSSR count). The fourth-order valence-corrected chi connectivity index (χ4v) is 2.13. The van der Waals surface area contributed by atoms with Crippen LogP contribution in [0.5, 0.6) is 0 Å². The Morgan fingerprint density at radius 2 is 1.79 bits per heavy atom. The molecule has 0 amide bonds. The van der Waals surface area contributed by atoms with Crippen LogP contribution in [0.15, 0.2) is 0 Å². The van der Waals surface area contributed by atoms with Crippen LogP contribution in [-0.2, 0) is 10.0 Å². The van der Waals surface area contributed by atoms with Gasteiger partial charge in [0.25, 0.3) is 0 Å². The Kier molecular flexibility index (Phi) is 4.31. The fraction of sp³-hybridized carbons (Fsp3) is 1.00. The van der Waals surface area contributed by atoms with Crippen molar-refractivity contribution in [3.63, 3.8) is 0 Å². The highest BCUT2D eigenvalue weighted by Crippen LogP contribution is 1.99. The van der Waals surface area contributed by atoms with Crippen LogP contribution in [-0.4, -0.2) is 70.8 Å². The zero-order valence-corrected chi connectivity index (χ0v) is 9.68. The van der Waals surface area contributed by atoms with Crippen molar-refractivity contribution in [3.05, 3.63) is 0 Å². The third-order valence-electron chi connectivity index (χ3n) is 2.58. The fourth-order valence-electron chi connectivity index (χ4n) is 1.42. The van der Waals surface area contributed by atoms with E-state index >= 15 is 0 Å². The van der Waals surface area contributed by atoms with Crippen LogP contribution in [0.25, 0.3) is 0 Å². The molecule has 0 aromatic rings. The van der Waals surface area contributed by atoms with Crippen LogP contribution >= 0.6 is 0 Å². The Bertz CT molecular complexity index is 258. The average molecular weight is 221 g/mol. The molecule has 6 heteroatoms. The quantitative estimate of drug-likeness (QED) is 0.647. The van der Waals surface area contributed by atoms with Crippen molar-refractivity contribution in [1.29, 1.82) is 0 Å². The topological polar surface area (TPSA) is 52.7 Å². The lowest BCUT2D eigenvalue weighted by atomic mass is 10.3. The lowest BCUT2D eigenvalue weighted by Crippen LogP contribution is -2.46. The summed E-state index contributed by atoms with van der Waals surface area (Å²) in [6.45, 7) is 4.63. The van der Waals surface area contributed by atoms with E-state index in [1.165, 1.54) is 7.05 Å². The molecule has 0 spiro atoms. The molecule has 1 aliphatic heterocycles. The molecule has 1 N–H and O–H groups in total. The van der Waals surface area contributed by atoms with Gasteiger partial charge in [0.15, 0.2) is 0 Å². The Morgan fingerprint density at radius 1 is 1.21 bits per heavy atom. The third-order valence-corrected chi connectivity index (χ3v) is 3.93. The molecule has 0 aliphatic carbocycles. The van der Waals surface area contributed by atoms with Crippen LogP contribution in [0.3, 0.4) is 0 Å². The van der Waals surface area contributed by atoms with Crippen molar-refractivity contribution < 1.29 is 8.42 Å². The first-order valence-electron chi connectivity index (χ1n) is 4.85. The maximum absolute atomic E-state index is 11.2. The smallest absolute Gasteiger partial charge is 0.212 e. The minimum atomic E-state index is -3.04. The van der Waals surface area contributed by atoms with Gasteiger partial charge in [-0.15, -0.1) is 0 Å². The SMILES string of the molecule is CNS(=O)(=O)CCN1CCN(C)CC1. The molecule has 1 heterocycles. The van der Waals surface area contributed by atoms with Crippen molar-refractivity contribution in [3.8, 4) is 0 Å². The van der Waals surface area contributed by atoms with Gasteiger partial charge >= 0.3 is 0 Å². The Hall–Kier alpha value is -0.170. The minimum absolute atomic E-state index is 0.202. The zero-order valence-electron chi connectivity index (χ0n) is 8.86. The molecule has 0 aromatic carbocycles. The van der Waals surface area contributed by atoms with E-state index in [4.69, 9.17) is 0 Å². The van der Waals surface area contributed by atoms with Crippen LogP contribution in [0.1, 0.15) is 0 Å². The number of nitrogens with zero attached hydrogens (tertiary/aromatic N) is 2. The number of piperazine rings is 1. The Labute approximate surface area is 86.1 Å². The standard InChI is InChI=1S/C8H19N3O2S/c1-9-14(12,13)8-7-11-5-3-10(2)4-6-11/h9H,3-8H2,1-2H3. The van der Waals surface area contributed by atoms with E-state index in [1.54, 1.807) is 0 Å². The second kappa shape index (κ2) is 5.06. The summed E-state index contributed by atoms with van der Waals surface area (Å²) in [5.74, 6) is 0.202. The molecule has 5 nitrogen and oxygen atoms in total. The Morgan fingerprint density at radius 3 is 2.29 bits per heavy atom. The lowest BCUT2D eigenvalue weighted by Gasteiger charge is -2.32. The largest absolute Gasteiger partial charge is 0.304 e. The van der Waals surface area contributed by atoms with E-state index in [0.29, 0.717) is 6.54 Å². The predicted molar refractivity (Wildman–Crippen MR) is 56.8 cm³/mol. The first-order valence-corrected chi connectivity index (χ1v) is 6.51. The highest BCUT2D eigenvalue weighted by molar-refractivity contribution is 7.89. The van der Waals surface area contributed by atoms with Crippen molar-refractivity contribution in [1.82, 2.24) is 14.5 Å². The van der Waals surface area contributed by atoms with Gasteiger partial charge in [0.05, 0.1) is 5.75 Å². The van der Waals surface area contributed by atoms with Crippen molar-refractivity contribution in [2.24, 2.45) is 0 Å². The first kappa shape index (κ1) is 11.9. The number of hydrogen-bond acceptors (Lipinski definition) is 4. The van der Waals surface area contributed by atoms with Crippen LogP contribution in [0.2, 0.25) is 0 Å². The summed E-state index contributed by atoms with van der Waals surface area (Å²) in [6, 6.07) is 0. The first-order chi connectivity index (χ1) is 6.53. The van der Waals surface area contributed by atoms with Gasteiger partial charge in [-0.1, -0.05) is 0 Å². The molecule has 0 unspecified atom stereocenters. The van der Waals surface area contributed by atoms with Gasteiger partial charge in [0, 0.05) is 32.7 Å². The summed E-state index contributed by atoms with van der Waals surface area (Å²) < 4.78 is 24.6. The number of likely N-dealkylation sites (N-methyl/N-ethyl adjacent to an activating group) is 1. The van der Waals surface area contributed by atoms with E-state index in [0.717, 1.165) is 26.2 Å². The summed E-state index contributed by atoms with van der Waals surface area (Å²) in [4.78, 5) is 4.44. The van der Waals surface area contributed by atoms with E-state index in [-0.39, 0.29) is 5.75 Å². The molecule has 0 atom stereocenters. The molecule has 84 valence electrons. The normalized spacial score (nSPS) is 21.3. The molecule has 0 saturated carbocycles. The summed E-state index contributed by atoms with van der Waals surface area (Å²) in [6.07, 6.45) is 0. The van der Waals surface area contributed by atoms with E-state index < -0.39 is 10.0 Å². The minimum Gasteiger partial charge on any atom is -0.304 e. The predicted octanol–water partition coefficient (Wildman–Crippen LogP) is -1.22. The zero-order chi connectivity index (χ0) is 10.6. The summed E-state index contributed by atoms with van der Waals surface area (Å²) in [5.41, 5.74) is 0. The molecule has 1 aliphatic rings. The van der Waals surface area contributed by atoms with Gasteiger partial charge in [0.2, 0.25) is 10.0 Å². The maximum Gasteiger partial charge on any atom is 0.212 e. The molecular weight excluding hydrogens is 202 g/mol. The highest BCUT2D eigenvalue weighted by atomic mass is 32.2. The number of nitrogens with one attached hydrogen (secondary N) is 1. The third kappa shape index (κ3) is 3.91. The van der Waals surface area contributed by atoms with Gasteiger partial charge in [-0.2, -0.15) is 0 Å². The molecular formula is C8H19N3O2S. The highest BCUT2D eigenvalue weighted by Gasteiger charge is 2.16. The molecule has 1 fully saturated rings. The number of rotatable bonds is 4. The second-order valence-electron chi connectivity index (χ2n) is 3.67. The summed E-state index contributed by atoms with van der Waals surface area (Å²) in [5, 5.41) is 0. The maximum atomic E-state index is 11.2. The van der Waals surface area contributed by atoms with Crippen LogP contribution in [0, 0.1) is 0 Å². The molecule has 14 heavy (non-hydrogen) atoms. The van der Waals surface area contributed by atoms with Gasteiger partial charge < -0.3 is 4.90 Å². The monoisotopic (exact) mass is 221 g/mol.